The van der Waals surface area contributed by atoms with E-state index in [4.69, 9.17) is 0 Å². The number of rotatable bonds is 5. The van der Waals surface area contributed by atoms with Crippen LogP contribution in [0.3, 0.4) is 0 Å². The molecule has 3 heterocycles. The lowest BCUT2D eigenvalue weighted by Gasteiger charge is -2.44. The van der Waals surface area contributed by atoms with Crippen LogP contribution in [0.5, 0.6) is 0 Å². The maximum absolute atomic E-state index is 12.7. The van der Waals surface area contributed by atoms with Gasteiger partial charge in [0.15, 0.2) is 0 Å². The van der Waals surface area contributed by atoms with Gasteiger partial charge in [-0.15, -0.1) is 0 Å². The van der Waals surface area contributed by atoms with Crippen molar-refractivity contribution in [2.75, 3.05) is 19.6 Å². The average molecular weight is 381 g/mol. The van der Waals surface area contributed by atoms with Gasteiger partial charge >= 0.3 is 0 Å². The van der Waals surface area contributed by atoms with Crippen LogP contribution in [0.4, 0.5) is 0 Å². The zero-order valence-electron chi connectivity index (χ0n) is 17.2. The number of piperidine rings is 2. The number of aryl methyl sites for hydroxylation is 1. The molecule has 2 atom stereocenters. The van der Waals surface area contributed by atoms with E-state index in [1.54, 1.807) is 0 Å². The van der Waals surface area contributed by atoms with Crippen molar-refractivity contribution in [2.24, 2.45) is 5.92 Å². The highest BCUT2D eigenvalue weighted by Crippen LogP contribution is 2.30. The molecule has 5 heteroatoms. The van der Waals surface area contributed by atoms with Crippen molar-refractivity contribution < 1.29 is 4.79 Å². The molecule has 5 nitrogen and oxygen atoms in total. The largest absolute Gasteiger partial charge is 0.355 e. The van der Waals surface area contributed by atoms with Gasteiger partial charge in [-0.1, -0.05) is 24.6 Å². The van der Waals surface area contributed by atoms with Crippen LogP contribution in [0.25, 0.3) is 5.69 Å². The first kappa shape index (κ1) is 19.2. The summed E-state index contributed by atoms with van der Waals surface area (Å²) in [4.78, 5) is 15.4. The lowest BCUT2D eigenvalue weighted by molar-refractivity contribution is -0.120. The molecular weight excluding hydrogens is 348 g/mol. The number of carbonyl (C=O) groups is 1. The van der Waals surface area contributed by atoms with E-state index < -0.39 is 0 Å². The predicted octanol–water partition coefficient (Wildman–Crippen LogP) is 3.41. The zero-order chi connectivity index (χ0) is 19.5. The molecule has 0 bridgehead atoms. The van der Waals surface area contributed by atoms with E-state index in [1.807, 2.05) is 41.9 Å². The van der Waals surface area contributed by atoms with Gasteiger partial charge in [0.25, 0.3) is 0 Å². The first-order chi connectivity index (χ1) is 13.6. The van der Waals surface area contributed by atoms with Crippen LogP contribution in [-0.2, 0) is 11.2 Å². The molecule has 0 radical (unpaired) electrons. The van der Waals surface area contributed by atoms with Gasteiger partial charge in [0.1, 0.15) is 0 Å². The third-order valence-corrected chi connectivity index (χ3v) is 6.57. The van der Waals surface area contributed by atoms with Gasteiger partial charge in [0.2, 0.25) is 5.91 Å². The Bertz CT molecular complexity index is 812. The maximum atomic E-state index is 12.7. The van der Waals surface area contributed by atoms with Gasteiger partial charge in [-0.3, -0.25) is 4.79 Å². The lowest BCUT2D eigenvalue weighted by Crippen LogP contribution is -2.51. The number of amides is 1. The summed E-state index contributed by atoms with van der Waals surface area (Å²) in [5, 5.41) is 7.90. The molecule has 4 rings (SSSR count). The minimum atomic E-state index is 0.117. The van der Waals surface area contributed by atoms with Gasteiger partial charge in [0.05, 0.1) is 17.8 Å². The molecule has 2 aliphatic heterocycles. The van der Waals surface area contributed by atoms with Gasteiger partial charge in [-0.05, 0) is 70.7 Å². The van der Waals surface area contributed by atoms with Crippen molar-refractivity contribution in [1.29, 1.82) is 0 Å². The van der Waals surface area contributed by atoms with Crippen LogP contribution in [0, 0.1) is 19.8 Å². The van der Waals surface area contributed by atoms with Crippen LogP contribution < -0.4 is 5.32 Å². The quantitative estimate of drug-likeness (QED) is 0.865. The van der Waals surface area contributed by atoms with Gasteiger partial charge in [-0.25, -0.2) is 4.68 Å². The van der Waals surface area contributed by atoms with E-state index in [-0.39, 0.29) is 5.91 Å². The summed E-state index contributed by atoms with van der Waals surface area (Å²) < 4.78 is 1.94. The van der Waals surface area contributed by atoms with E-state index in [1.165, 1.54) is 45.2 Å². The molecule has 28 heavy (non-hydrogen) atoms. The second-order valence-corrected chi connectivity index (χ2v) is 8.38. The molecular formula is C23H32N4O. The van der Waals surface area contributed by atoms with Crippen molar-refractivity contribution in [2.45, 2.75) is 58.4 Å². The molecule has 2 aliphatic rings. The third-order valence-electron chi connectivity index (χ3n) is 6.57. The van der Waals surface area contributed by atoms with Gasteiger partial charge in [-0.2, -0.15) is 5.10 Å². The Labute approximate surface area is 168 Å². The summed E-state index contributed by atoms with van der Waals surface area (Å²) in [6, 6.07) is 10.8. The highest BCUT2D eigenvalue weighted by molar-refractivity contribution is 5.79. The fourth-order valence-corrected chi connectivity index (χ4v) is 5.03. The zero-order valence-corrected chi connectivity index (χ0v) is 17.2. The second-order valence-electron chi connectivity index (χ2n) is 8.38. The van der Waals surface area contributed by atoms with E-state index in [9.17, 15) is 4.79 Å². The number of fused-ring (bicyclic) bond motifs is 1. The predicted molar refractivity (Wildman–Crippen MR) is 112 cm³/mol. The summed E-state index contributed by atoms with van der Waals surface area (Å²) in [6.45, 7) is 7.34. The van der Waals surface area contributed by atoms with E-state index in [0.717, 1.165) is 29.2 Å². The number of hydrogen-bond donors (Lipinski definition) is 1. The van der Waals surface area contributed by atoms with Crippen LogP contribution in [0.15, 0.2) is 30.3 Å². The van der Waals surface area contributed by atoms with Crippen LogP contribution in [-0.4, -0.2) is 46.3 Å². The van der Waals surface area contributed by atoms with Gasteiger partial charge < -0.3 is 10.2 Å². The van der Waals surface area contributed by atoms with E-state index in [2.05, 4.69) is 22.2 Å². The number of carbonyl (C=O) groups excluding carboxylic acids is 1. The van der Waals surface area contributed by atoms with E-state index in [0.29, 0.717) is 18.4 Å². The van der Waals surface area contributed by atoms with Crippen LogP contribution in [0.2, 0.25) is 0 Å². The smallest absolute Gasteiger partial charge is 0.224 e. The Morgan fingerprint density at radius 1 is 1.11 bits per heavy atom. The number of aromatic nitrogens is 2. The summed E-state index contributed by atoms with van der Waals surface area (Å²) in [6.07, 6.45) is 6.88. The van der Waals surface area contributed by atoms with Crippen molar-refractivity contribution in [1.82, 2.24) is 20.0 Å². The SMILES string of the molecule is Cc1nn(-c2ccccc2)c(C)c1CC(=O)NC[C@H]1CCCN2CCCC[C@H]12. The molecule has 1 amide bonds. The molecule has 2 aromatic rings. The summed E-state index contributed by atoms with van der Waals surface area (Å²) >= 11 is 0. The van der Waals surface area contributed by atoms with Crippen LogP contribution in [0.1, 0.15) is 49.1 Å². The molecule has 150 valence electrons. The second kappa shape index (κ2) is 8.48. The summed E-state index contributed by atoms with van der Waals surface area (Å²) in [7, 11) is 0. The third kappa shape index (κ3) is 4.00. The average Bonchev–Trinajstić information content (AvgIpc) is 3.01. The maximum Gasteiger partial charge on any atom is 0.224 e. The first-order valence-corrected chi connectivity index (χ1v) is 10.7. The van der Waals surface area contributed by atoms with E-state index >= 15 is 0 Å². The number of hydrogen-bond acceptors (Lipinski definition) is 3. The summed E-state index contributed by atoms with van der Waals surface area (Å²) in [5.41, 5.74) is 4.07. The Hall–Kier alpha value is -2.14. The first-order valence-electron chi connectivity index (χ1n) is 10.7. The van der Waals surface area contributed by atoms with Crippen molar-refractivity contribution in [3.8, 4) is 5.69 Å². The van der Waals surface area contributed by atoms with Crippen molar-refractivity contribution >= 4 is 5.91 Å². The molecule has 0 saturated carbocycles. The number of benzene rings is 1. The van der Waals surface area contributed by atoms with Crippen LogP contribution >= 0.6 is 0 Å². The number of nitrogens with zero attached hydrogens (tertiary/aromatic N) is 3. The molecule has 1 aromatic carbocycles. The molecule has 1 N–H and O–H groups in total. The minimum absolute atomic E-state index is 0.117. The fourth-order valence-electron chi connectivity index (χ4n) is 5.03. The summed E-state index contributed by atoms with van der Waals surface area (Å²) in [5.74, 6) is 0.721. The Morgan fingerprint density at radius 2 is 1.89 bits per heavy atom. The minimum Gasteiger partial charge on any atom is -0.355 e. The molecule has 0 aliphatic carbocycles. The molecule has 0 spiro atoms. The molecule has 2 saturated heterocycles. The Morgan fingerprint density at radius 3 is 2.71 bits per heavy atom. The highest BCUT2D eigenvalue weighted by atomic mass is 16.1. The topological polar surface area (TPSA) is 50.2 Å². The molecule has 1 aromatic heterocycles. The number of nitrogens with one attached hydrogen (secondary N) is 1. The Kier molecular flexibility index (Phi) is 5.81. The van der Waals surface area contributed by atoms with Crippen molar-refractivity contribution in [3.05, 3.63) is 47.3 Å². The standard InChI is InChI=1S/C23H32N4O/c1-17-21(18(2)27(25-17)20-10-4-3-5-11-20)15-23(28)24-16-19-9-8-14-26-13-7-6-12-22(19)26/h3-5,10-11,19,22H,6-9,12-16H2,1-2H3,(H,24,28)/t19-,22-/m1/s1. The monoisotopic (exact) mass is 380 g/mol. The fraction of sp³-hybridized carbons (Fsp3) is 0.565. The highest BCUT2D eigenvalue weighted by Gasteiger charge is 2.33. The molecule has 2 fully saturated rings. The van der Waals surface area contributed by atoms with Crippen molar-refractivity contribution in [3.63, 3.8) is 0 Å². The number of para-hydroxylation sites is 1. The Balaban J connectivity index is 1.38. The lowest BCUT2D eigenvalue weighted by atomic mass is 9.83. The molecule has 0 unspecified atom stereocenters. The normalized spacial score (nSPS) is 22.6. The van der Waals surface area contributed by atoms with Gasteiger partial charge in [0, 0.05) is 23.8 Å².